The Kier molecular flexibility index (Phi) is 6.37. The number of aromatic nitrogens is 2. The number of aryl methyl sites for hydroxylation is 1. The van der Waals surface area contributed by atoms with Gasteiger partial charge in [-0.05, 0) is 25.8 Å². The van der Waals surface area contributed by atoms with E-state index in [1.165, 1.54) is 0 Å². The molecule has 0 aliphatic heterocycles. The zero-order chi connectivity index (χ0) is 17.5. The van der Waals surface area contributed by atoms with Crippen molar-refractivity contribution in [3.05, 3.63) is 53.3 Å². The summed E-state index contributed by atoms with van der Waals surface area (Å²) in [5.74, 6) is 0.0806. The number of hydrogen-bond donors (Lipinski definition) is 3. The fourth-order valence-corrected chi connectivity index (χ4v) is 2.65. The molecule has 1 aromatic carbocycles. The van der Waals surface area contributed by atoms with Gasteiger partial charge in [0.2, 0.25) is 0 Å². The van der Waals surface area contributed by atoms with Crippen LogP contribution in [0.15, 0.2) is 36.5 Å². The second kappa shape index (κ2) is 8.49. The van der Waals surface area contributed by atoms with Crippen LogP contribution in [0, 0.1) is 6.92 Å². The van der Waals surface area contributed by atoms with Gasteiger partial charge in [0.15, 0.2) is 0 Å². The molecule has 6 nitrogen and oxygen atoms in total. The van der Waals surface area contributed by atoms with Crippen LogP contribution in [0.2, 0.25) is 0 Å². The van der Waals surface area contributed by atoms with E-state index in [1.54, 1.807) is 17.8 Å². The molecule has 1 aromatic heterocycles. The highest BCUT2D eigenvalue weighted by Crippen LogP contribution is 2.20. The summed E-state index contributed by atoms with van der Waals surface area (Å²) >= 11 is 0. The molecule has 2 aromatic rings. The van der Waals surface area contributed by atoms with Crippen molar-refractivity contribution in [3.8, 4) is 0 Å². The Hall–Kier alpha value is -2.34. The van der Waals surface area contributed by atoms with E-state index < -0.39 is 6.10 Å². The summed E-state index contributed by atoms with van der Waals surface area (Å²) in [7, 11) is 1.87. The summed E-state index contributed by atoms with van der Waals surface area (Å²) in [6, 6.07) is 9.71. The first-order chi connectivity index (χ1) is 11.5. The van der Waals surface area contributed by atoms with Gasteiger partial charge in [-0.2, -0.15) is 5.10 Å². The Labute approximate surface area is 142 Å². The summed E-state index contributed by atoms with van der Waals surface area (Å²) in [4.78, 5) is 12.0. The maximum Gasteiger partial charge on any atom is 0.315 e. The number of rotatable bonds is 7. The Bertz CT molecular complexity index is 652. The molecular weight excluding hydrogens is 304 g/mol. The minimum atomic E-state index is -0.418. The summed E-state index contributed by atoms with van der Waals surface area (Å²) in [5.41, 5.74) is 3.14. The molecule has 2 atom stereocenters. The largest absolute Gasteiger partial charge is 0.393 e. The highest BCUT2D eigenvalue weighted by Gasteiger charge is 2.15. The minimum absolute atomic E-state index is 0.0806. The van der Waals surface area contributed by atoms with Crippen molar-refractivity contribution in [2.45, 2.75) is 38.8 Å². The van der Waals surface area contributed by atoms with Gasteiger partial charge in [0.1, 0.15) is 0 Å². The SMILES string of the molecule is Cc1c(CNC(=O)NCC(CC(C)O)c2ccccc2)cnn1C. The van der Waals surface area contributed by atoms with Crippen LogP contribution in [0.1, 0.15) is 36.1 Å². The molecule has 130 valence electrons. The Balaban J connectivity index is 1.86. The predicted octanol–water partition coefficient (Wildman–Crippen LogP) is 2.08. The van der Waals surface area contributed by atoms with Crippen molar-refractivity contribution in [1.82, 2.24) is 20.4 Å². The van der Waals surface area contributed by atoms with Crippen LogP contribution in [-0.4, -0.2) is 33.6 Å². The first-order valence-electron chi connectivity index (χ1n) is 8.19. The first kappa shape index (κ1) is 18.0. The van der Waals surface area contributed by atoms with E-state index in [0.717, 1.165) is 16.8 Å². The minimum Gasteiger partial charge on any atom is -0.393 e. The van der Waals surface area contributed by atoms with Gasteiger partial charge < -0.3 is 15.7 Å². The van der Waals surface area contributed by atoms with Crippen molar-refractivity contribution >= 4 is 6.03 Å². The third-order valence-electron chi connectivity index (χ3n) is 4.18. The molecule has 24 heavy (non-hydrogen) atoms. The molecule has 0 aliphatic carbocycles. The summed E-state index contributed by atoms with van der Waals surface area (Å²) < 4.78 is 1.78. The van der Waals surface area contributed by atoms with Crippen molar-refractivity contribution in [2.24, 2.45) is 7.05 Å². The summed E-state index contributed by atoms with van der Waals surface area (Å²) in [6.45, 7) is 4.65. The molecule has 2 amide bonds. The number of hydrogen-bond acceptors (Lipinski definition) is 3. The third-order valence-corrected chi connectivity index (χ3v) is 4.18. The Morgan fingerprint density at radius 1 is 1.29 bits per heavy atom. The van der Waals surface area contributed by atoms with E-state index in [2.05, 4.69) is 15.7 Å². The molecule has 0 spiro atoms. The topological polar surface area (TPSA) is 79.2 Å². The molecule has 0 saturated carbocycles. The Morgan fingerprint density at radius 3 is 2.58 bits per heavy atom. The lowest BCUT2D eigenvalue weighted by atomic mass is 9.93. The molecule has 0 fully saturated rings. The zero-order valence-corrected chi connectivity index (χ0v) is 14.5. The standard InChI is InChI=1S/C18H26N4O2/c1-13(23)9-16(15-7-5-4-6-8-15)10-19-18(24)20-11-17-12-21-22(3)14(17)2/h4-8,12-13,16,23H,9-11H2,1-3H3,(H2,19,20,24). The zero-order valence-electron chi connectivity index (χ0n) is 14.5. The monoisotopic (exact) mass is 330 g/mol. The van der Waals surface area contributed by atoms with Gasteiger partial charge in [0, 0.05) is 37.3 Å². The first-order valence-corrected chi connectivity index (χ1v) is 8.19. The van der Waals surface area contributed by atoms with Crippen molar-refractivity contribution in [3.63, 3.8) is 0 Å². The van der Waals surface area contributed by atoms with Crippen LogP contribution in [-0.2, 0) is 13.6 Å². The molecule has 6 heteroatoms. The lowest BCUT2D eigenvalue weighted by molar-refractivity contribution is 0.173. The average molecular weight is 330 g/mol. The second-order valence-electron chi connectivity index (χ2n) is 6.13. The maximum absolute atomic E-state index is 12.0. The van der Waals surface area contributed by atoms with E-state index in [-0.39, 0.29) is 11.9 Å². The number of amides is 2. The van der Waals surface area contributed by atoms with Crippen LogP contribution in [0.5, 0.6) is 0 Å². The van der Waals surface area contributed by atoms with Crippen LogP contribution >= 0.6 is 0 Å². The number of aliphatic hydroxyl groups excluding tert-OH is 1. The van der Waals surface area contributed by atoms with Crippen LogP contribution in [0.25, 0.3) is 0 Å². The van der Waals surface area contributed by atoms with Gasteiger partial charge in [-0.15, -0.1) is 0 Å². The fourth-order valence-electron chi connectivity index (χ4n) is 2.65. The van der Waals surface area contributed by atoms with Gasteiger partial charge in [-0.3, -0.25) is 4.68 Å². The van der Waals surface area contributed by atoms with Crippen LogP contribution in [0.4, 0.5) is 4.79 Å². The van der Waals surface area contributed by atoms with Gasteiger partial charge in [-0.1, -0.05) is 30.3 Å². The highest BCUT2D eigenvalue weighted by atomic mass is 16.3. The summed E-state index contributed by atoms with van der Waals surface area (Å²) in [6.07, 6.45) is 1.94. The van der Waals surface area contributed by atoms with Gasteiger partial charge >= 0.3 is 6.03 Å². The molecule has 3 N–H and O–H groups in total. The second-order valence-corrected chi connectivity index (χ2v) is 6.13. The van der Waals surface area contributed by atoms with Crippen LogP contribution in [0.3, 0.4) is 0 Å². The quantitative estimate of drug-likeness (QED) is 0.727. The van der Waals surface area contributed by atoms with E-state index in [0.29, 0.717) is 19.5 Å². The van der Waals surface area contributed by atoms with Gasteiger partial charge in [0.25, 0.3) is 0 Å². The lowest BCUT2D eigenvalue weighted by Crippen LogP contribution is -2.38. The Morgan fingerprint density at radius 2 is 2.00 bits per heavy atom. The normalized spacial score (nSPS) is 13.3. The molecule has 0 bridgehead atoms. The predicted molar refractivity (Wildman–Crippen MR) is 93.7 cm³/mol. The molecule has 2 unspecified atom stereocenters. The lowest BCUT2D eigenvalue weighted by Gasteiger charge is -2.20. The van der Waals surface area contributed by atoms with Gasteiger partial charge in [0.05, 0.1) is 12.3 Å². The number of benzene rings is 1. The van der Waals surface area contributed by atoms with E-state index >= 15 is 0 Å². The number of carbonyl (C=O) groups excluding carboxylic acids is 1. The highest BCUT2D eigenvalue weighted by molar-refractivity contribution is 5.73. The molecule has 0 aliphatic rings. The van der Waals surface area contributed by atoms with Crippen molar-refractivity contribution in [1.29, 1.82) is 0 Å². The van der Waals surface area contributed by atoms with Crippen molar-refractivity contribution in [2.75, 3.05) is 6.54 Å². The van der Waals surface area contributed by atoms with E-state index in [1.807, 2.05) is 44.3 Å². The number of nitrogens with one attached hydrogen (secondary N) is 2. The number of nitrogens with zero attached hydrogens (tertiary/aromatic N) is 2. The molecule has 0 radical (unpaired) electrons. The molecular formula is C18H26N4O2. The average Bonchev–Trinajstić information content (AvgIpc) is 2.89. The number of carbonyl (C=O) groups is 1. The maximum atomic E-state index is 12.0. The van der Waals surface area contributed by atoms with Crippen molar-refractivity contribution < 1.29 is 9.90 Å². The molecule has 0 saturated heterocycles. The fraction of sp³-hybridized carbons (Fsp3) is 0.444. The van der Waals surface area contributed by atoms with E-state index in [4.69, 9.17) is 0 Å². The molecule has 1 heterocycles. The number of aliphatic hydroxyl groups is 1. The smallest absolute Gasteiger partial charge is 0.315 e. The van der Waals surface area contributed by atoms with Crippen LogP contribution < -0.4 is 10.6 Å². The van der Waals surface area contributed by atoms with E-state index in [9.17, 15) is 9.90 Å². The third kappa shape index (κ3) is 5.09. The van der Waals surface area contributed by atoms with Gasteiger partial charge in [-0.25, -0.2) is 4.79 Å². The number of urea groups is 1. The molecule has 2 rings (SSSR count). The summed E-state index contributed by atoms with van der Waals surface area (Å²) in [5, 5.41) is 19.6.